The van der Waals surface area contributed by atoms with E-state index in [1.54, 1.807) is 11.9 Å². The van der Waals surface area contributed by atoms with Crippen molar-refractivity contribution in [1.29, 1.82) is 0 Å². The highest BCUT2D eigenvalue weighted by atomic mass is 35.5. The summed E-state index contributed by atoms with van der Waals surface area (Å²) < 4.78 is 1.29. The second-order valence-corrected chi connectivity index (χ2v) is 5.68. The van der Waals surface area contributed by atoms with Crippen LogP contribution >= 0.6 is 12.4 Å². The van der Waals surface area contributed by atoms with Gasteiger partial charge < -0.3 is 10.6 Å². The normalized spacial score (nSPS) is 21.4. The number of nitro groups is 1. The second-order valence-electron chi connectivity index (χ2n) is 5.68. The van der Waals surface area contributed by atoms with Gasteiger partial charge in [0.1, 0.15) is 5.69 Å². The van der Waals surface area contributed by atoms with E-state index in [9.17, 15) is 14.9 Å². The first-order valence-electron chi connectivity index (χ1n) is 7.05. The predicted molar refractivity (Wildman–Crippen MR) is 84.1 cm³/mol. The van der Waals surface area contributed by atoms with E-state index in [1.165, 1.54) is 11.6 Å². The van der Waals surface area contributed by atoms with Gasteiger partial charge in [-0.3, -0.25) is 19.6 Å². The van der Waals surface area contributed by atoms with Gasteiger partial charge in [-0.1, -0.05) is 6.92 Å². The molecule has 2 heterocycles. The quantitative estimate of drug-likeness (QED) is 0.662. The van der Waals surface area contributed by atoms with Crippen LogP contribution in [0, 0.1) is 23.0 Å². The molecule has 2 rings (SSSR count). The van der Waals surface area contributed by atoms with Crippen molar-refractivity contribution >= 4 is 24.0 Å². The third-order valence-electron chi connectivity index (χ3n) is 4.09. The van der Waals surface area contributed by atoms with Crippen molar-refractivity contribution in [2.24, 2.45) is 18.7 Å². The summed E-state index contributed by atoms with van der Waals surface area (Å²) >= 11 is 0. The Hall–Kier alpha value is -1.67. The lowest BCUT2D eigenvalue weighted by atomic mass is 9.92. The first-order chi connectivity index (χ1) is 9.86. The number of likely N-dealkylation sites (tertiary alicyclic amines) is 1. The van der Waals surface area contributed by atoms with E-state index in [0.717, 1.165) is 12.8 Å². The highest BCUT2D eigenvalue weighted by Gasteiger charge is 2.36. The number of halogens is 1. The number of hydrogen-bond acceptors (Lipinski definition) is 5. The number of hydrogen-bond donors (Lipinski definition) is 1. The molecule has 8 nitrogen and oxygen atoms in total. The number of carbonyl (C=O) groups excluding carboxylic acids is 1. The van der Waals surface area contributed by atoms with Crippen molar-refractivity contribution in [3.8, 4) is 0 Å². The molecule has 2 atom stereocenters. The highest BCUT2D eigenvalue weighted by molar-refractivity contribution is 5.97. The lowest BCUT2D eigenvalue weighted by Gasteiger charge is -2.37. The molecule has 1 aliphatic rings. The summed E-state index contributed by atoms with van der Waals surface area (Å²) in [5, 5.41) is 15.2. The van der Waals surface area contributed by atoms with Crippen molar-refractivity contribution < 1.29 is 9.72 Å². The molecule has 124 valence electrons. The molecule has 1 amide bonds. The fraction of sp³-hybridized carbons (Fsp3) is 0.692. The Bertz CT molecular complexity index is 574. The van der Waals surface area contributed by atoms with E-state index in [4.69, 9.17) is 5.73 Å². The Morgan fingerprint density at radius 1 is 1.55 bits per heavy atom. The van der Waals surface area contributed by atoms with Crippen LogP contribution in [-0.4, -0.2) is 44.6 Å². The Balaban J connectivity index is 0.00000242. The number of nitrogens with zero attached hydrogens (tertiary/aromatic N) is 4. The molecule has 0 spiro atoms. The fourth-order valence-electron chi connectivity index (χ4n) is 2.98. The number of aromatic nitrogens is 2. The average Bonchev–Trinajstić information content (AvgIpc) is 2.72. The van der Waals surface area contributed by atoms with Gasteiger partial charge in [0.2, 0.25) is 5.69 Å². The lowest BCUT2D eigenvalue weighted by molar-refractivity contribution is -0.385. The van der Waals surface area contributed by atoms with Crippen LogP contribution in [0.25, 0.3) is 0 Å². The molecule has 1 aliphatic heterocycles. The van der Waals surface area contributed by atoms with Crippen molar-refractivity contribution in [1.82, 2.24) is 14.7 Å². The standard InChI is InChI=1S/C13H21N5O3.ClH/c1-8-4-5-17(10(6-8)7-14)13(19)12-11(18(20)21)9(2)15-16(12)3;/h8,10H,4-7,14H2,1-3H3;1H. The molecule has 1 aromatic heterocycles. The molecule has 0 saturated carbocycles. The number of rotatable bonds is 3. The minimum absolute atomic E-state index is 0. The SMILES string of the molecule is Cc1nn(C)c(C(=O)N2CCC(C)CC2CN)c1[N+](=O)[O-].Cl. The Kier molecular flexibility index (Phi) is 5.90. The van der Waals surface area contributed by atoms with Crippen molar-refractivity contribution in [3.05, 3.63) is 21.5 Å². The minimum Gasteiger partial charge on any atom is -0.333 e. The molecule has 22 heavy (non-hydrogen) atoms. The molecule has 1 aromatic rings. The monoisotopic (exact) mass is 331 g/mol. The summed E-state index contributed by atoms with van der Waals surface area (Å²) in [5.74, 6) is 0.151. The molecule has 1 saturated heterocycles. The molecule has 0 aliphatic carbocycles. The van der Waals surface area contributed by atoms with Gasteiger partial charge in [0.05, 0.1) is 4.92 Å². The van der Waals surface area contributed by atoms with Gasteiger partial charge in [-0.2, -0.15) is 5.10 Å². The zero-order valence-electron chi connectivity index (χ0n) is 13.0. The molecular formula is C13H22ClN5O3. The van der Waals surface area contributed by atoms with Crippen LogP contribution in [-0.2, 0) is 7.05 Å². The van der Waals surface area contributed by atoms with Crippen LogP contribution in [0.5, 0.6) is 0 Å². The topological polar surface area (TPSA) is 107 Å². The minimum atomic E-state index is -0.542. The molecule has 1 fully saturated rings. The number of amides is 1. The number of nitrogens with two attached hydrogens (primary N) is 1. The first-order valence-corrected chi connectivity index (χ1v) is 7.05. The van der Waals surface area contributed by atoms with Gasteiger partial charge in [-0.15, -0.1) is 12.4 Å². The predicted octanol–water partition coefficient (Wildman–Crippen LogP) is 1.26. The maximum absolute atomic E-state index is 12.7. The van der Waals surface area contributed by atoms with Crippen molar-refractivity contribution in [2.75, 3.05) is 13.1 Å². The Morgan fingerprint density at radius 2 is 2.18 bits per heavy atom. The molecule has 0 bridgehead atoms. The molecule has 0 aromatic carbocycles. The molecular weight excluding hydrogens is 310 g/mol. The van der Waals surface area contributed by atoms with E-state index < -0.39 is 4.92 Å². The van der Waals surface area contributed by atoms with Gasteiger partial charge in [-0.25, -0.2) is 0 Å². The van der Waals surface area contributed by atoms with Gasteiger partial charge in [0, 0.05) is 26.2 Å². The van der Waals surface area contributed by atoms with E-state index in [2.05, 4.69) is 12.0 Å². The summed E-state index contributed by atoms with van der Waals surface area (Å²) in [5.41, 5.74) is 5.83. The van der Waals surface area contributed by atoms with E-state index in [0.29, 0.717) is 19.0 Å². The maximum atomic E-state index is 12.7. The largest absolute Gasteiger partial charge is 0.333 e. The van der Waals surface area contributed by atoms with Gasteiger partial charge in [-0.05, 0) is 25.7 Å². The third kappa shape index (κ3) is 3.22. The van der Waals surface area contributed by atoms with Crippen LogP contribution in [0.3, 0.4) is 0 Å². The summed E-state index contributed by atoms with van der Waals surface area (Å²) in [7, 11) is 1.55. The van der Waals surface area contributed by atoms with Gasteiger partial charge in [0.25, 0.3) is 5.91 Å². The molecule has 2 unspecified atom stereocenters. The summed E-state index contributed by atoms with van der Waals surface area (Å²) in [6.45, 7) is 4.60. The second kappa shape index (κ2) is 7.06. The van der Waals surface area contributed by atoms with Crippen LogP contribution < -0.4 is 5.73 Å². The van der Waals surface area contributed by atoms with Gasteiger partial charge in [0.15, 0.2) is 0 Å². The molecule has 9 heteroatoms. The fourth-order valence-corrected chi connectivity index (χ4v) is 2.98. The summed E-state index contributed by atoms with van der Waals surface area (Å²) in [4.78, 5) is 25.1. The number of carbonyl (C=O) groups is 1. The first kappa shape index (κ1) is 18.4. The van der Waals surface area contributed by atoms with Crippen LogP contribution in [0.1, 0.15) is 35.9 Å². The summed E-state index contributed by atoms with van der Waals surface area (Å²) in [6, 6.07) is -0.0731. The van der Waals surface area contributed by atoms with Gasteiger partial charge >= 0.3 is 5.69 Å². The zero-order chi connectivity index (χ0) is 15.7. The van der Waals surface area contributed by atoms with E-state index in [-0.39, 0.29) is 41.4 Å². The average molecular weight is 332 g/mol. The maximum Gasteiger partial charge on any atom is 0.322 e. The lowest BCUT2D eigenvalue weighted by Crippen LogP contribution is -2.49. The number of piperidine rings is 1. The Labute approximate surface area is 135 Å². The third-order valence-corrected chi connectivity index (χ3v) is 4.09. The van der Waals surface area contributed by atoms with E-state index >= 15 is 0 Å². The Morgan fingerprint density at radius 3 is 2.73 bits per heavy atom. The zero-order valence-corrected chi connectivity index (χ0v) is 13.8. The number of aryl methyl sites for hydroxylation is 2. The highest BCUT2D eigenvalue weighted by Crippen LogP contribution is 2.28. The van der Waals surface area contributed by atoms with Crippen LogP contribution in [0.15, 0.2) is 0 Å². The van der Waals surface area contributed by atoms with E-state index in [1.807, 2.05) is 0 Å². The van der Waals surface area contributed by atoms with Crippen LogP contribution in [0.2, 0.25) is 0 Å². The van der Waals surface area contributed by atoms with Crippen molar-refractivity contribution in [2.45, 2.75) is 32.7 Å². The van der Waals surface area contributed by atoms with Crippen LogP contribution in [0.4, 0.5) is 5.69 Å². The summed E-state index contributed by atoms with van der Waals surface area (Å²) in [6.07, 6.45) is 1.71. The molecule has 0 radical (unpaired) electrons. The smallest absolute Gasteiger partial charge is 0.322 e. The molecule has 2 N–H and O–H groups in total. The van der Waals surface area contributed by atoms with Crippen molar-refractivity contribution in [3.63, 3.8) is 0 Å².